The van der Waals surface area contributed by atoms with Gasteiger partial charge in [0.25, 0.3) is 0 Å². The summed E-state index contributed by atoms with van der Waals surface area (Å²) in [5, 5.41) is 4.40. The second-order valence-electron chi connectivity index (χ2n) is 5.25. The summed E-state index contributed by atoms with van der Waals surface area (Å²) in [7, 11) is 2.02. The van der Waals surface area contributed by atoms with Crippen LogP contribution >= 0.6 is 11.6 Å². The Morgan fingerprint density at radius 3 is 2.55 bits per heavy atom. The molecule has 0 aliphatic heterocycles. The number of imidazole rings is 1. The van der Waals surface area contributed by atoms with E-state index in [2.05, 4.69) is 36.3 Å². The van der Waals surface area contributed by atoms with Crippen LogP contribution in [0.1, 0.15) is 37.7 Å². The first kappa shape index (κ1) is 15.1. The van der Waals surface area contributed by atoms with E-state index in [1.807, 2.05) is 36.1 Å². The molecule has 4 heteroatoms. The number of nitrogens with zero attached hydrogens (tertiary/aromatic N) is 2. The molecular formula is C16H22ClN3. The SMILES string of the molecule is CCC(C)C(NCc1nccn1C)c1ccc(Cl)cc1. The van der Waals surface area contributed by atoms with Gasteiger partial charge in [-0.1, -0.05) is 44.0 Å². The molecule has 1 heterocycles. The molecule has 108 valence electrons. The van der Waals surface area contributed by atoms with Gasteiger partial charge >= 0.3 is 0 Å². The van der Waals surface area contributed by atoms with E-state index in [0.29, 0.717) is 12.0 Å². The molecular weight excluding hydrogens is 270 g/mol. The lowest BCUT2D eigenvalue weighted by atomic mass is 9.92. The van der Waals surface area contributed by atoms with Crippen molar-refractivity contribution < 1.29 is 0 Å². The number of rotatable bonds is 6. The van der Waals surface area contributed by atoms with Crippen LogP contribution in [0.15, 0.2) is 36.7 Å². The molecule has 1 aromatic heterocycles. The third kappa shape index (κ3) is 3.62. The highest BCUT2D eigenvalue weighted by Crippen LogP contribution is 2.25. The highest BCUT2D eigenvalue weighted by atomic mass is 35.5. The molecule has 0 saturated carbocycles. The van der Waals surface area contributed by atoms with Gasteiger partial charge in [-0.15, -0.1) is 0 Å². The average Bonchev–Trinajstić information content (AvgIpc) is 2.86. The van der Waals surface area contributed by atoms with E-state index in [4.69, 9.17) is 11.6 Å². The topological polar surface area (TPSA) is 29.9 Å². The lowest BCUT2D eigenvalue weighted by Gasteiger charge is -2.25. The number of halogens is 1. The van der Waals surface area contributed by atoms with Gasteiger partial charge in [-0.2, -0.15) is 0 Å². The zero-order valence-corrected chi connectivity index (χ0v) is 13.1. The number of benzene rings is 1. The van der Waals surface area contributed by atoms with Gasteiger partial charge in [-0.3, -0.25) is 0 Å². The van der Waals surface area contributed by atoms with Crippen molar-refractivity contribution in [1.82, 2.24) is 14.9 Å². The van der Waals surface area contributed by atoms with E-state index in [-0.39, 0.29) is 0 Å². The Hall–Kier alpha value is -1.32. The maximum atomic E-state index is 5.98. The van der Waals surface area contributed by atoms with Gasteiger partial charge in [0.15, 0.2) is 0 Å². The zero-order chi connectivity index (χ0) is 14.5. The van der Waals surface area contributed by atoms with Gasteiger partial charge in [-0.05, 0) is 23.6 Å². The molecule has 0 aliphatic carbocycles. The molecule has 0 aliphatic rings. The van der Waals surface area contributed by atoms with Crippen molar-refractivity contribution in [3.05, 3.63) is 53.1 Å². The molecule has 0 bridgehead atoms. The fourth-order valence-corrected chi connectivity index (χ4v) is 2.45. The molecule has 0 amide bonds. The van der Waals surface area contributed by atoms with Crippen LogP contribution in [0, 0.1) is 5.92 Å². The maximum absolute atomic E-state index is 5.98. The first-order chi connectivity index (χ1) is 9.61. The van der Waals surface area contributed by atoms with Crippen molar-refractivity contribution in [2.75, 3.05) is 0 Å². The van der Waals surface area contributed by atoms with Gasteiger partial charge in [0.1, 0.15) is 5.82 Å². The highest BCUT2D eigenvalue weighted by Gasteiger charge is 2.18. The third-order valence-electron chi connectivity index (χ3n) is 3.84. The van der Waals surface area contributed by atoms with E-state index in [1.165, 1.54) is 5.56 Å². The van der Waals surface area contributed by atoms with Crippen LogP contribution < -0.4 is 5.32 Å². The summed E-state index contributed by atoms with van der Waals surface area (Å²) < 4.78 is 2.04. The van der Waals surface area contributed by atoms with E-state index in [9.17, 15) is 0 Å². The lowest BCUT2D eigenvalue weighted by Crippen LogP contribution is -2.27. The monoisotopic (exact) mass is 291 g/mol. The molecule has 2 unspecified atom stereocenters. The van der Waals surface area contributed by atoms with Gasteiger partial charge in [0.2, 0.25) is 0 Å². The first-order valence-corrected chi connectivity index (χ1v) is 7.44. The normalized spacial score (nSPS) is 14.2. The van der Waals surface area contributed by atoms with Crippen molar-refractivity contribution >= 4 is 11.6 Å². The summed E-state index contributed by atoms with van der Waals surface area (Å²) in [5.41, 5.74) is 1.28. The number of hydrogen-bond acceptors (Lipinski definition) is 2. The van der Waals surface area contributed by atoms with Gasteiger partial charge in [0, 0.05) is 30.5 Å². The summed E-state index contributed by atoms with van der Waals surface area (Å²) >= 11 is 5.98. The number of hydrogen-bond donors (Lipinski definition) is 1. The smallest absolute Gasteiger partial charge is 0.122 e. The molecule has 0 saturated heterocycles. The number of nitrogens with one attached hydrogen (secondary N) is 1. The molecule has 2 rings (SSSR count). The van der Waals surface area contributed by atoms with Crippen LogP contribution in [0.25, 0.3) is 0 Å². The summed E-state index contributed by atoms with van der Waals surface area (Å²) in [6.07, 6.45) is 4.93. The molecule has 2 aromatic rings. The lowest BCUT2D eigenvalue weighted by molar-refractivity contribution is 0.370. The molecule has 0 fully saturated rings. The van der Waals surface area contributed by atoms with Crippen LogP contribution in [0.2, 0.25) is 5.02 Å². The Bertz CT molecular complexity index is 533. The van der Waals surface area contributed by atoms with Crippen molar-refractivity contribution in [2.45, 2.75) is 32.9 Å². The van der Waals surface area contributed by atoms with Crippen molar-refractivity contribution in [2.24, 2.45) is 13.0 Å². The fourth-order valence-electron chi connectivity index (χ4n) is 2.32. The van der Waals surface area contributed by atoms with E-state index in [0.717, 1.165) is 23.8 Å². The standard InChI is InChI=1S/C16H22ClN3/c1-4-12(2)16(13-5-7-14(17)8-6-13)19-11-15-18-9-10-20(15)3/h5-10,12,16,19H,4,11H2,1-3H3. The first-order valence-electron chi connectivity index (χ1n) is 7.07. The molecule has 3 nitrogen and oxygen atoms in total. The predicted molar refractivity (Wildman–Crippen MR) is 83.7 cm³/mol. The molecule has 0 spiro atoms. The Morgan fingerprint density at radius 2 is 2.00 bits per heavy atom. The second kappa shape index (κ2) is 6.91. The Morgan fingerprint density at radius 1 is 1.30 bits per heavy atom. The van der Waals surface area contributed by atoms with Gasteiger partial charge in [-0.25, -0.2) is 4.98 Å². The molecule has 1 aromatic carbocycles. The summed E-state index contributed by atoms with van der Waals surface area (Å²) in [6, 6.07) is 8.42. The number of aryl methyl sites for hydroxylation is 1. The highest BCUT2D eigenvalue weighted by molar-refractivity contribution is 6.30. The van der Waals surface area contributed by atoms with E-state index >= 15 is 0 Å². The minimum Gasteiger partial charge on any atom is -0.337 e. The van der Waals surface area contributed by atoms with Crippen LogP contribution in [-0.2, 0) is 13.6 Å². The second-order valence-corrected chi connectivity index (χ2v) is 5.69. The summed E-state index contributed by atoms with van der Waals surface area (Å²) in [4.78, 5) is 4.36. The van der Waals surface area contributed by atoms with Gasteiger partial charge < -0.3 is 9.88 Å². The summed E-state index contributed by atoms with van der Waals surface area (Å²) in [5.74, 6) is 1.60. The zero-order valence-electron chi connectivity index (χ0n) is 12.3. The largest absolute Gasteiger partial charge is 0.337 e. The summed E-state index contributed by atoms with van der Waals surface area (Å²) in [6.45, 7) is 5.25. The van der Waals surface area contributed by atoms with Crippen LogP contribution in [0.3, 0.4) is 0 Å². The number of aromatic nitrogens is 2. The van der Waals surface area contributed by atoms with Gasteiger partial charge in [0.05, 0.1) is 6.54 Å². The average molecular weight is 292 g/mol. The van der Waals surface area contributed by atoms with Crippen LogP contribution in [0.4, 0.5) is 0 Å². The van der Waals surface area contributed by atoms with E-state index < -0.39 is 0 Å². The van der Waals surface area contributed by atoms with Crippen LogP contribution in [0.5, 0.6) is 0 Å². The third-order valence-corrected chi connectivity index (χ3v) is 4.10. The fraction of sp³-hybridized carbons (Fsp3) is 0.438. The van der Waals surface area contributed by atoms with Crippen LogP contribution in [-0.4, -0.2) is 9.55 Å². The Labute approximate surface area is 126 Å². The predicted octanol–water partition coefficient (Wildman–Crippen LogP) is 3.95. The van der Waals surface area contributed by atoms with E-state index in [1.54, 1.807) is 0 Å². The molecule has 1 N–H and O–H groups in total. The molecule has 20 heavy (non-hydrogen) atoms. The molecule has 2 atom stereocenters. The maximum Gasteiger partial charge on any atom is 0.122 e. The van der Waals surface area contributed by atoms with Crippen molar-refractivity contribution in [3.63, 3.8) is 0 Å². The molecule has 0 radical (unpaired) electrons. The minimum atomic E-state index is 0.314. The Kier molecular flexibility index (Phi) is 5.21. The van der Waals surface area contributed by atoms with Crippen molar-refractivity contribution in [1.29, 1.82) is 0 Å². The Balaban J connectivity index is 2.12. The quantitative estimate of drug-likeness (QED) is 0.873. The minimum absolute atomic E-state index is 0.314. The van der Waals surface area contributed by atoms with Crippen molar-refractivity contribution in [3.8, 4) is 0 Å².